The predicted octanol–water partition coefficient (Wildman–Crippen LogP) is 1.72. The first-order chi connectivity index (χ1) is 6.74. The molecule has 0 bridgehead atoms. The molecule has 1 aliphatic carbocycles. The summed E-state index contributed by atoms with van der Waals surface area (Å²) in [6.45, 7) is 3.90. The lowest BCUT2D eigenvalue weighted by molar-refractivity contribution is 0.0955. The maximum Gasteiger partial charge on any atom is 0.000730 e. The highest BCUT2D eigenvalue weighted by Crippen LogP contribution is 2.46. The van der Waals surface area contributed by atoms with E-state index in [1.165, 1.54) is 51.7 Å². The molecule has 0 amide bonds. The molecule has 0 aromatic heterocycles. The fraction of sp³-hybridized carbons (Fsp3) is 1.00. The van der Waals surface area contributed by atoms with Gasteiger partial charge in [0.2, 0.25) is 0 Å². The Morgan fingerprint density at radius 3 is 2.64 bits per heavy atom. The zero-order chi connectivity index (χ0) is 10.0. The maximum atomic E-state index is 3.38. The molecule has 14 heavy (non-hydrogen) atoms. The third-order valence-electron chi connectivity index (χ3n) is 4.18. The van der Waals surface area contributed by atoms with E-state index in [-0.39, 0.29) is 0 Å². The van der Waals surface area contributed by atoms with Crippen molar-refractivity contribution in [3.63, 3.8) is 0 Å². The van der Waals surface area contributed by atoms with Crippen molar-refractivity contribution in [2.45, 2.75) is 32.1 Å². The molecule has 0 radical (unpaired) electrons. The Hall–Kier alpha value is -0.0800. The number of hydrogen-bond acceptors (Lipinski definition) is 2. The van der Waals surface area contributed by atoms with Crippen molar-refractivity contribution in [3.8, 4) is 0 Å². The van der Waals surface area contributed by atoms with E-state index in [4.69, 9.17) is 0 Å². The van der Waals surface area contributed by atoms with Crippen LogP contribution >= 0.6 is 0 Å². The summed E-state index contributed by atoms with van der Waals surface area (Å²) in [4.78, 5) is 2.48. The van der Waals surface area contributed by atoms with Crippen LogP contribution in [-0.2, 0) is 0 Å². The number of likely N-dealkylation sites (tertiary alicyclic amines) is 1. The van der Waals surface area contributed by atoms with Crippen LogP contribution in [0.4, 0.5) is 0 Å². The Morgan fingerprint density at radius 1 is 1.43 bits per heavy atom. The van der Waals surface area contributed by atoms with Crippen molar-refractivity contribution in [2.24, 2.45) is 11.3 Å². The van der Waals surface area contributed by atoms with Crippen LogP contribution in [0.25, 0.3) is 0 Å². The first-order valence-corrected chi connectivity index (χ1v) is 6.07. The van der Waals surface area contributed by atoms with Gasteiger partial charge in [-0.05, 0) is 57.7 Å². The molecule has 1 aliphatic heterocycles. The smallest absolute Gasteiger partial charge is 0.000730 e. The quantitative estimate of drug-likeness (QED) is 0.736. The minimum Gasteiger partial charge on any atom is -0.319 e. The predicted molar refractivity (Wildman–Crippen MR) is 60.4 cm³/mol. The van der Waals surface area contributed by atoms with Crippen LogP contribution in [-0.4, -0.2) is 38.6 Å². The number of nitrogens with zero attached hydrogens (tertiary/aromatic N) is 1. The lowest BCUT2D eigenvalue weighted by atomic mass is 9.64. The van der Waals surface area contributed by atoms with Gasteiger partial charge in [-0.25, -0.2) is 0 Å². The molecule has 2 aliphatic rings. The third-order valence-corrected chi connectivity index (χ3v) is 4.18. The van der Waals surface area contributed by atoms with Gasteiger partial charge in [-0.15, -0.1) is 0 Å². The minimum atomic E-state index is 0.685. The summed E-state index contributed by atoms with van der Waals surface area (Å²) in [5.74, 6) is 0.980. The first kappa shape index (κ1) is 10.4. The topological polar surface area (TPSA) is 15.3 Å². The molecule has 82 valence electrons. The Balaban J connectivity index is 1.82. The molecule has 2 heteroatoms. The van der Waals surface area contributed by atoms with Crippen molar-refractivity contribution >= 4 is 0 Å². The molecule has 1 atom stereocenters. The van der Waals surface area contributed by atoms with Crippen LogP contribution in [0.3, 0.4) is 0 Å². The molecule has 1 heterocycles. The summed E-state index contributed by atoms with van der Waals surface area (Å²) >= 11 is 0. The van der Waals surface area contributed by atoms with E-state index >= 15 is 0 Å². The van der Waals surface area contributed by atoms with Gasteiger partial charge in [0.05, 0.1) is 0 Å². The summed E-state index contributed by atoms with van der Waals surface area (Å²) in [5, 5.41) is 3.38. The van der Waals surface area contributed by atoms with Crippen molar-refractivity contribution < 1.29 is 0 Å². The normalized spacial score (nSPS) is 31.7. The Kier molecular flexibility index (Phi) is 3.13. The molecule has 0 aromatic carbocycles. The van der Waals surface area contributed by atoms with Crippen LogP contribution in [0.1, 0.15) is 32.1 Å². The average Bonchev–Trinajstić information content (AvgIpc) is 2.48. The third kappa shape index (κ3) is 2.12. The van der Waals surface area contributed by atoms with E-state index in [1.54, 1.807) is 0 Å². The van der Waals surface area contributed by atoms with E-state index in [2.05, 4.69) is 24.3 Å². The molecule has 0 aromatic rings. The zero-order valence-electron chi connectivity index (χ0n) is 9.68. The second-order valence-corrected chi connectivity index (χ2v) is 5.50. The summed E-state index contributed by atoms with van der Waals surface area (Å²) < 4.78 is 0. The van der Waals surface area contributed by atoms with Gasteiger partial charge in [0, 0.05) is 13.1 Å². The van der Waals surface area contributed by atoms with Crippen molar-refractivity contribution in [2.75, 3.05) is 33.7 Å². The Bertz CT molecular complexity index is 187. The molecule has 2 nitrogen and oxygen atoms in total. The standard InChI is InChI=1S/C12H24N2/c1-13-10-12(5-3-6-12)8-11-4-7-14(2)9-11/h11,13H,3-10H2,1-2H3. The van der Waals surface area contributed by atoms with Crippen molar-refractivity contribution in [1.82, 2.24) is 10.2 Å². The lowest BCUT2D eigenvalue weighted by Crippen LogP contribution is -2.40. The minimum absolute atomic E-state index is 0.685. The molecule has 2 fully saturated rings. The van der Waals surface area contributed by atoms with Crippen LogP contribution in [0, 0.1) is 11.3 Å². The number of hydrogen-bond donors (Lipinski definition) is 1. The fourth-order valence-corrected chi connectivity index (χ4v) is 3.31. The molecule has 1 N–H and O–H groups in total. The molecule has 1 saturated carbocycles. The van der Waals surface area contributed by atoms with Gasteiger partial charge < -0.3 is 10.2 Å². The number of nitrogens with one attached hydrogen (secondary N) is 1. The Morgan fingerprint density at radius 2 is 2.21 bits per heavy atom. The molecule has 2 rings (SSSR count). The largest absolute Gasteiger partial charge is 0.319 e. The van der Waals surface area contributed by atoms with E-state index in [1.807, 2.05) is 0 Å². The highest BCUT2D eigenvalue weighted by Gasteiger charge is 2.39. The molecular formula is C12H24N2. The van der Waals surface area contributed by atoms with Gasteiger partial charge in [0.25, 0.3) is 0 Å². The van der Waals surface area contributed by atoms with Gasteiger partial charge in [-0.1, -0.05) is 6.42 Å². The highest BCUT2D eigenvalue weighted by molar-refractivity contribution is 4.92. The van der Waals surface area contributed by atoms with E-state index in [0.29, 0.717) is 5.41 Å². The average molecular weight is 196 g/mol. The second-order valence-electron chi connectivity index (χ2n) is 5.50. The van der Waals surface area contributed by atoms with Gasteiger partial charge in [-0.2, -0.15) is 0 Å². The van der Waals surface area contributed by atoms with Crippen LogP contribution in [0.5, 0.6) is 0 Å². The monoisotopic (exact) mass is 196 g/mol. The van der Waals surface area contributed by atoms with Gasteiger partial charge in [0.15, 0.2) is 0 Å². The fourth-order valence-electron chi connectivity index (χ4n) is 3.31. The lowest BCUT2D eigenvalue weighted by Gasteiger charge is -2.43. The number of rotatable bonds is 4. The van der Waals surface area contributed by atoms with E-state index < -0.39 is 0 Å². The summed E-state index contributed by atoms with van der Waals surface area (Å²) in [6.07, 6.45) is 7.30. The highest BCUT2D eigenvalue weighted by atomic mass is 15.1. The van der Waals surface area contributed by atoms with Gasteiger partial charge in [0.1, 0.15) is 0 Å². The molecule has 0 spiro atoms. The van der Waals surface area contributed by atoms with Gasteiger partial charge in [-0.3, -0.25) is 0 Å². The molecule has 1 unspecified atom stereocenters. The summed E-state index contributed by atoms with van der Waals surface area (Å²) in [5.41, 5.74) is 0.685. The van der Waals surface area contributed by atoms with Crippen LogP contribution in [0.2, 0.25) is 0 Å². The first-order valence-electron chi connectivity index (χ1n) is 6.07. The molecule has 1 saturated heterocycles. The molecular weight excluding hydrogens is 172 g/mol. The van der Waals surface area contributed by atoms with E-state index in [9.17, 15) is 0 Å². The van der Waals surface area contributed by atoms with Crippen LogP contribution in [0.15, 0.2) is 0 Å². The van der Waals surface area contributed by atoms with Crippen molar-refractivity contribution in [3.05, 3.63) is 0 Å². The summed E-state index contributed by atoms with van der Waals surface area (Å²) in [7, 11) is 4.35. The van der Waals surface area contributed by atoms with E-state index in [0.717, 1.165) is 5.92 Å². The zero-order valence-corrected chi connectivity index (χ0v) is 9.68. The second kappa shape index (κ2) is 4.19. The SMILES string of the molecule is CNCC1(CC2CCN(C)C2)CCC1. The van der Waals surface area contributed by atoms with Crippen molar-refractivity contribution in [1.29, 1.82) is 0 Å². The summed E-state index contributed by atoms with van der Waals surface area (Å²) in [6, 6.07) is 0. The maximum absolute atomic E-state index is 3.38. The van der Waals surface area contributed by atoms with Crippen LogP contribution < -0.4 is 5.32 Å². The van der Waals surface area contributed by atoms with Gasteiger partial charge >= 0.3 is 0 Å². The Labute approximate surface area is 88.1 Å².